The van der Waals surface area contributed by atoms with Gasteiger partial charge in [-0.3, -0.25) is 30.0 Å². The number of hydrogen-bond donors (Lipinski definition) is 3. The molecule has 0 unspecified atom stereocenters. The highest BCUT2D eigenvalue weighted by Crippen LogP contribution is 2.32. The van der Waals surface area contributed by atoms with E-state index >= 15 is 0 Å². The molecule has 0 aromatic heterocycles. The predicted molar refractivity (Wildman–Crippen MR) is 223 cm³/mol. The van der Waals surface area contributed by atoms with Crippen molar-refractivity contribution in [2.24, 2.45) is 30.0 Å². The number of phenolic OH excluding ortho intramolecular Hbond substituents is 3. The van der Waals surface area contributed by atoms with Gasteiger partial charge >= 0.3 is 0 Å². The van der Waals surface area contributed by atoms with Crippen LogP contribution in [0.3, 0.4) is 0 Å². The summed E-state index contributed by atoms with van der Waals surface area (Å²) in [6.07, 6.45) is 21.2. The highest BCUT2D eigenvalue weighted by atomic mass is 35.5. The molecular weight excluding hydrogens is 743 g/mol. The van der Waals surface area contributed by atoms with Crippen LogP contribution in [-0.2, 0) is 0 Å². The zero-order chi connectivity index (χ0) is 37.6. The van der Waals surface area contributed by atoms with Crippen molar-refractivity contribution in [2.75, 3.05) is 0 Å². The van der Waals surface area contributed by atoms with Crippen LogP contribution in [0.25, 0.3) is 0 Å². The molecule has 3 saturated carbocycles. The summed E-state index contributed by atoms with van der Waals surface area (Å²) in [4.78, 5) is 29.4. The molecule has 4 aliphatic rings. The van der Waals surface area contributed by atoms with E-state index < -0.39 is 0 Å². The Bertz CT molecular complexity index is 1670. The molecule has 6 atom stereocenters. The first kappa shape index (κ1) is 38.2. The minimum Gasteiger partial charge on any atom is -0.507 e. The van der Waals surface area contributed by atoms with Crippen molar-refractivity contribution in [2.45, 2.75) is 113 Å². The summed E-state index contributed by atoms with van der Waals surface area (Å²) in [5.41, 5.74) is 3.00. The summed E-state index contributed by atoms with van der Waals surface area (Å²) in [6, 6.07) is 9.49. The molecule has 6 bridgehead atoms. The molecule has 0 spiro atoms. The van der Waals surface area contributed by atoms with Crippen LogP contribution in [0.2, 0.25) is 15.1 Å². The third kappa shape index (κ3) is 9.24. The number of rotatable bonds is 0. The van der Waals surface area contributed by atoms with E-state index in [9.17, 15) is 15.3 Å². The molecule has 3 aromatic rings. The van der Waals surface area contributed by atoms with Crippen LogP contribution in [-0.4, -0.2) is 88.9 Å². The molecule has 1 aliphatic heterocycles. The number of halogens is 3. The van der Waals surface area contributed by atoms with E-state index in [0.717, 1.165) is 77.0 Å². The van der Waals surface area contributed by atoms with Crippen LogP contribution in [0.5, 0.6) is 17.2 Å². The SMILES string of the molecule is Oc1c2cc(Cl)cc1C=N[C@@H]1CCCC[C@H]1N=Cc1cc(Cl)cc(c1O)C=N[C@@H]1CCCC[C@H]1N=Cc1cc(Cl)cc(c1O)C=N[C@@H]1CCCC[C@H]1N=C2. The van der Waals surface area contributed by atoms with Crippen LogP contribution < -0.4 is 0 Å². The van der Waals surface area contributed by atoms with Gasteiger partial charge in [0.05, 0.1) is 36.3 Å². The van der Waals surface area contributed by atoms with Gasteiger partial charge in [0.2, 0.25) is 0 Å². The van der Waals surface area contributed by atoms with E-state index in [2.05, 4.69) is 0 Å². The van der Waals surface area contributed by atoms with Gasteiger partial charge in [0.1, 0.15) is 17.2 Å². The van der Waals surface area contributed by atoms with Gasteiger partial charge in [0, 0.05) is 85.7 Å². The molecule has 282 valence electrons. The van der Waals surface area contributed by atoms with Gasteiger partial charge in [-0.25, -0.2) is 0 Å². The Morgan fingerprint density at radius 1 is 0.333 bits per heavy atom. The summed E-state index contributed by atoms with van der Waals surface area (Å²) < 4.78 is 0. The molecule has 9 nitrogen and oxygen atoms in total. The maximum absolute atomic E-state index is 11.3. The van der Waals surface area contributed by atoms with Crippen molar-refractivity contribution in [3.8, 4) is 17.2 Å². The Balaban J connectivity index is 1.29. The number of aliphatic imine (C=N–C) groups is 6. The van der Waals surface area contributed by atoms with E-state index in [1.165, 1.54) is 0 Å². The van der Waals surface area contributed by atoms with Crippen LogP contribution in [0.1, 0.15) is 110 Å². The van der Waals surface area contributed by atoms with Gasteiger partial charge < -0.3 is 15.3 Å². The highest BCUT2D eigenvalue weighted by molar-refractivity contribution is 6.32. The topological polar surface area (TPSA) is 135 Å². The zero-order valence-corrected chi connectivity index (χ0v) is 32.3. The summed E-state index contributed by atoms with van der Waals surface area (Å²) >= 11 is 19.7. The second-order valence-corrected chi connectivity index (χ2v) is 16.0. The molecule has 3 fully saturated rings. The van der Waals surface area contributed by atoms with E-state index in [1.54, 1.807) is 73.7 Å². The summed E-state index contributed by atoms with van der Waals surface area (Å²) in [5.74, 6) is 0.144. The third-order valence-electron chi connectivity index (χ3n) is 10.9. The molecule has 0 radical (unpaired) electrons. The first-order valence-electron chi connectivity index (χ1n) is 19.0. The van der Waals surface area contributed by atoms with Crippen molar-refractivity contribution < 1.29 is 15.3 Å². The Kier molecular flexibility index (Phi) is 12.5. The standard InChI is InChI=1S/C42H45Cl3N6O3/c43-31-13-25-19-46-34-7-1-2-8-35(34)47-20-26-14-32(44)16-28(41(26)53)22-49-38-11-5-6-12-39(38)51-24-30-18-33(45)17-29(42(30)54)23-50-37-10-4-3-9-36(37)48-21-27(15-31)40(25)52/h13-24,34-39,52-54H,1-12H2/t34-,35-,36-,37-,38-,39-/m1/s1. The molecule has 3 aromatic carbocycles. The van der Waals surface area contributed by atoms with Gasteiger partial charge in [0.25, 0.3) is 0 Å². The van der Waals surface area contributed by atoms with Crippen molar-refractivity contribution in [1.82, 2.24) is 0 Å². The molecule has 3 N–H and O–H groups in total. The third-order valence-corrected chi connectivity index (χ3v) is 11.6. The first-order valence-corrected chi connectivity index (χ1v) is 20.1. The Morgan fingerprint density at radius 2 is 0.500 bits per heavy atom. The predicted octanol–water partition coefficient (Wildman–Crippen LogP) is 9.62. The largest absolute Gasteiger partial charge is 0.507 e. The minimum absolute atomic E-state index is 0.0481. The fourth-order valence-electron chi connectivity index (χ4n) is 7.89. The lowest BCUT2D eigenvalue weighted by atomic mass is 9.91. The average Bonchev–Trinajstić information content (AvgIpc) is 3.17. The monoisotopic (exact) mass is 786 g/mol. The van der Waals surface area contributed by atoms with Crippen molar-refractivity contribution in [3.63, 3.8) is 0 Å². The molecule has 1 heterocycles. The highest BCUT2D eigenvalue weighted by Gasteiger charge is 2.26. The van der Waals surface area contributed by atoms with Gasteiger partial charge in [0.15, 0.2) is 0 Å². The zero-order valence-electron chi connectivity index (χ0n) is 30.0. The molecule has 3 aliphatic carbocycles. The van der Waals surface area contributed by atoms with Gasteiger partial charge in [-0.2, -0.15) is 0 Å². The number of fused-ring (bicyclic) bond motifs is 9. The van der Waals surface area contributed by atoms with Crippen LogP contribution >= 0.6 is 34.8 Å². The summed E-state index contributed by atoms with van der Waals surface area (Å²) in [7, 11) is 0. The van der Waals surface area contributed by atoms with E-state index in [0.29, 0.717) is 48.4 Å². The fraction of sp³-hybridized carbons (Fsp3) is 0.429. The van der Waals surface area contributed by atoms with E-state index in [4.69, 9.17) is 64.8 Å². The molecule has 0 saturated heterocycles. The summed E-state index contributed by atoms with van der Waals surface area (Å²) in [5, 5.41) is 35.4. The average molecular weight is 788 g/mol. The smallest absolute Gasteiger partial charge is 0.133 e. The van der Waals surface area contributed by atoms with E-state index in [-0.39, 0.29) is 53.5 Å². The second kappa shape index (κ2) is 17.6. The molecule has 54 heavy (non-hydrogen) atoms. The quantitative estimate of drug-likeness (QED) is 0.209. The Labute approximate surface area is 331 Å². The number of hydrogen-bond acceptors (Lipinski definition) is 9. The Morgan fingerprint density at radius 3 is 0.667 bits per heavy atom. The van der Waals surface area contributed by atoms with Crippen molar-refractivity contribution in [3.05, 3.63) is 84.8 Å². The van der Waals surface area contributed by atoms with Crippen molar-refractivity contribution in [1.29, 1.82) is 0 Å². The molecule has 7 rings (SSSR count). The molecular formula is C42H45Cl3N6O3. The van der Waals surface area contributed by atoms with Crippen LogP contribution in [0.4, 0.5) is 0 Å². The lowest BCUT2D eigenvalue weighted by Crippen LogP contribution is -2.27. The van der Waals surface area contributed by atoms with Crippen molar-refractivity contribution >= 4 is 72.1 Å². The van der Waals surface area contributed by atoms with Gasteiger partial charge in [-0.1, -0.05) is 73.3 Å². The number of aromatic hydroxyl groups is 3. The summed E-state index contributed by atoms with van der Waals surface area (Å²) in [6.45, 7) is 0. The maximum Gasteiger partial charge on any atom is 0.133 e. The fourth-order valence-corrected chi connectivity index (χ4v) is 8.60. The number of phenols is 3. The first-order chi connectivity index (χ1) is 26.2. The van der Waals surface area contributed by atoms with Crippen LogP contribution in [0.15, 0.2) is 66.4 Å². The number of benzene rings is 3. The number of nitrogens with zero attached hydrogens (tertiary/aromatic N) is 6. The molecule has 0 amide bonds. The second-order valence-electron chi connectivity index (χ2n) is 14.7. The van der Waals surface area contributed by atoms with Crippen LogP contribution in [0, 0.1) is 0 Å². The maximum atomic E-state index is 11.3. The Hall–Kier alpha value is -4.05. The van der Waals surface area contributed by atoms with Gasteiger partial charge in [-0.05, 0) is 74.9 Å². The van der Waals surface area contributed by atoms with E-state index in [1.807, 2.05) is 0 Å². The minimum atomic E-state index is -0.116. The van der Waals surface area contributed by atoms with Gasteiger partial charge in [-0.15, -0.1) is 0 Å². The normalized spacial score (nSPS) is 26.1. The lowest BCUT2D eigenvalue weighted by Gasteiger charge is -2.26. The lowest BCUT2D eigenvalue weighted by molar-refractivity contribution is 0.389. The molecule has 12 heteroatoms.